The second kappa shape index (κ2) is 6.67. The number of fused-ring (bicyclic) bond motifs is 1. The number of hydrogen-bond acceptors (Lipinski definition) is 6. The Morgan fingerprint density at radius 2 is 2.00 bits per heavy atom. The molecular formula is C17H17N5O2. The van der Waals surface area contributed by atoms with Crippen LogP contribution in [-0.4, -0.2) is 34.0 Å². The van der Waals surface area contributed by atoms with Crippen molar-refractivity contribution in [3.63, 3.8) is 0 Å². The largest absolute Gasteiger partial charge is 0.337 e. The third-order valence-electron chi connectivity index (χ3n) is 4.14. The van der Waals surface area contributed by atoms with E-state index in [0.717, 1.165) is 18.5 Å². The molecule has 2 aromatic heterocycles. The van der Waals surface area contributed by atoms with Gasteiger partial charge in [0.15, 0.2) is 0 Å². The molecule has 0 saturated heterocycles. The fourth-order valence-electron chi connectivity index (χ4n) is 2.73. The van der Waals surface area contributed by atoms with Crippen LogP contribution in [0.4, 0.5) is 0 Å². The van der Waals surface area contributed by atoms with Crippen LogP contribution in [-0.2, 0) is 0 Å². The van der Waals surface area contributed by atoms with Crippen LogP contribution >= 0.6 is 0 Å². The van der Waals surface area contributed by atoms with Gasteiger partial charge < -0.3 is 9.42 Å². The van der Waals surface area contributed by atoms with Crippen molar-refractivity contribution in [1.82, 2.24) is 15.0 Å². The van der Waals surface area contributed by atoms with Gasteiger partial charge in [0, 0.05) is 24.7 Å². The van der Waals surface area contributed by atoms with Crippen LogP contribution in [0.25, 0.3) is 11.1 Å². The monoisotopic (exact) mass is 323 g/mol. The van der Waals surface area contributed by atoms with Crippen molar-refractivity contribution < 1.29 is 9.32 Å². The topological polar surface area (TPSA) is 107 Å². The van der Waals surface area contributed by atoms with Crippen LogP contribution in [0.5, 0.6) is 0 Å². The number of pyridine rings is 1. The summed E-state index contributed by atoms with van der Waals surface area (Å²) in [6.07, 6.45) is 2.57. The first-order valence-corrected chi connectivity index (χ1v) is 7.95. The number of aromatic nitrogens is 2. The van der Waals surface area contributed by atoms with Gasteiger partial charge in [-0.3, -0.25) is 4.79 Å². The van der Waals surface area contributed by atoms with E-state index >= 15 is 0 Å². The summed E-state index contributed by atoms with van der Waals surface area (Å²) in [5, 5.41) is 22.2. The minimum Gasteiger partial charge on any atom is -0.337 e. The molecule has 0 radical (unpaired) electrons. The standard InChI is InChI=1S/C17H17N5O2/c1-11-15-13(17(23)22(8-2-6-18)9-3-7-19)10-14(12-4-5-12)20-16(15)24-21-11/h10,12H,2-5,8-9H2,1H3. The molecule has 0 bridgehead atoms. The first kappa shape index (κ1) is 15.9. The summed E-state index contributed by atoms with van der Waals surface area (Å²) in [4.78, 5) is 19.1. The molecule has 0 N–H and O–H groups in total. The number of nitrogens with zero attached hydrogens (tertiary/aromatic N) is 5. The highest BCUT2D eigenvalue weighted by Gasteiger charge is 2.29. The smallest absolute Gasteiger partial charge is 0.259 e. The minimum absolute atomic E-state index is 0.207. The van der Waals surface area contributed by atoms with Gasteiger partial charge in [-0.25, -0.2) is 4.98 Å². The lowest BCUT2D eigenvalue weighted by molar-refractivity contribution is 0.0764. The van der Waals surface area contributed by atoms with Crippen LogP contribution in [0.2, 0.25) is 0 Å². The molecule has 7 nitrogen and oxygen atoms in total. The molecule has 0 atom stereocenters. The van der Waals surface area contributed by atoms with Crippen molar-refractivity contribution in [3.8, 4) is 12.1 Å². The Balaban J connectivity index is 2.01. The molecule has 122 valence electrons. The molecule has 0 aromatic carbocycles. The van der Waals surface area contributed by atoms with Crippen molar-refractivity contribution in [3.05, 3.63) is 23.0 Å². The van der Waals surface area contributed by atoms with Gasteiger partial charge in [-0.1, -0.05) is 5.16 Å². The summed E-state index contributed by atoms with van der Waals surface area (Å²) in [7, 11) is 0. The second-order valence-corrected chi connectivity index (χ2v) is 5.93. The first-order chi connectivity index (χ1) is 11.7. The van der Waals surface area contributed by atoms with Crippen LogP contribution in [0, 0.1) is 29.6 Å². The molecule has 7 heteroatoms. The Hall–Kier alpha value is -2.93. The zero-order chi connectivity index (χ0) is 17.1. The highest BCUT2D eigenvalue weighted by Crippen LogP contribution is 2.40. The van der Waals surface area contributed by atoms with E-state index in [4.69, 9.17) is 15.0 Å². The molecule has 1 aliphatic rings. The van der Waals surface area contributed by atoms with E-state index in [0.29, 0.717) is 41.4 Å². The van der Waals surface area contributed by atoms with E-state index in [2.05, 4.69) is 10.1 Å². The molecule has 3 rings (SSSR count). The fourth-order valence-corrected chi connectivity index (χ4v) is 2.73. The van der Waals surface area contributed by atoms with Crippen molar-refractivity contribution in [2.45, 2.75) is 38.5 Å². The Morgan fingerprint density at radius 3 is 2.58 bits per heavy atom. The van der Waals surface area contributed by atoms with Gasteiger partial charge in [-0.05, 0) is 25.8 Å². The van der Waals surface area contributed by atoms with Crippen LogP contribution < -0.4 is 0 Å². The molecular weight excluding hydrogens is 306 g/mol. The zero-order valence-corrected chi connectivity index (χ0v) is 13.4. The van der Waals surface area contributed by atoms with E-state index in [9.17, 15) is 4.79 Å². The maximum Gasteiger partial charge on any atom is 0.259 e. The molecule has 1 saturated carbocycles. The van der Waals surface area contributed by atoms with Gasteiger partial charge in [0.2, 0.25) is 0 Å². The number of nitriles is 2. The normalized spacial score (nSPS) is 13.5. The second-order valence-electron chi connectivity index (χ2n) is 5.93. The number of carbonyl (C=O) groups excluding carboxylic acids is 1. The van der Waals surface area contributed by atoms with Gasteiger partial charge in [0.1, 0.15) is 0 Å². The van der Waals surface area contributed by atoms with E-state index in [1.54, 1.807) is 11.8 Å². The molecule has 0 unspecified atom stereocenters. The lowest BCUT2D eigenvalue weighted by Crippen LogP contribution is -2.33. The van der Waals surface area contributed by atoms with Crippen molar-refractivity contribution in [2.75, 3.05) is 13.1 Å². The van der Waals surface area contributed by atoms with Crippen molar-refractivity contribution in [1.29, 1.82) is 10.5 Å². The summed E-state index contributed by atoms with van der Waals surface area (Å²) in [5.41, 5.74) is 2.34. The minimum atomic E-state index is -0.207. The maximum atomic E-state index is 13.0. The Kier molecular flexibility index (Phi) is 4.43. The molecule has 24 heavy (non-hydrogen) atoms. The Morgan fingerprint density at radius 1 is 1.33 bits per heavy atom. The average Bonchev–Trinajstić information content (AvgIpc) is 3.38. The van der Waals surface area contributed by atoms with Gasteiger partial charge in [-0.2, -0.15) is 10.5 Å². The van der Waals surface area contributed by atoms with Gasteiger partial charge in [0.25, 0.3) is 11.6 Å². The highest BCUT2D eigenvalue weighted by atomic mass is 16.5. The highest BCUT2D eigenvalue weighted by molar-refractivity contribution is 6.06. The van der Waals surface area contributed by atoms with E-state index in [1.165, 1.54) is 0 Å². The van der Waals surface area contributed by atoms with Crippen LogP contribution in [0.1, 0.15) is 53.3 Å². The first-order valence-electron chi connectivity index (χ1n) is 7.95. The van der Waals surface area contributed by atoms with Crippen molar-refractivity contribution in [2.24, 2.45) is 0 Å². The number of carbonyl (C=O) groups is 1. The number of amides is 1. The lowest BCUT2D eigenvalue weighted by Gasteiger charge is -2.21. The summed E-state index contributed by atoms with van der Waals surface area (Å²) in [5.74, 6) is 0.166. The number of hydrogen-bond donors (Lipinski definition) is 0. The molecule has 1 fully saturated rings. The van der Waals surface area contributed by atoms with Gasteiger partial charge in [0.05, 0.1) is 41.6 Å². The summed E-state index contributed by atoms with van der Waals surface area (Å²) in [6, 6.07) is 5.91. The Labute approximate surface area is 139 Å². The van der Waals surface area contributed by atoms with Gasteiger partial charge >= 0.3 is 0 Å². The molecule has 2 heterocycles. The molecule has 1 amide bonds. The van der Waals surface area contributed by atoms with Gasteiger partial charge in [-0.15, -0.1) is 0 Å². The van der Waals surface area contributed by atoms with Crippen LogP contribution in [0.15, 0.2) is 10.6 Å². The quantitative estimate of drug-likeness (QED) is 0.809. The summed E-state index contributed by atoms with van der Waals surface area (Å²) < 4.78 is 5.26. The molecule has 2 aromatic rings. The Bertz CT molecular complexity index is 836. The zero-order valence-electron chi connectivity index (χ0n) is 13.4. The number of aryl methyl sites for hydroxylation is 1. The summed E-state index contributed by atoms with van der Waals surface area (Å²) in [6.45, 7) is 2.36. The predicted molar refractivity (Wildman–Crippen MR) is 84.9 cm³/mol. The summed E-state index contributed by atoms with van der Waals surface area (Å²) >= 11 is 0. The predicted octanol–water partition coefficient (Wildman–Crippen LogP) is 2.68. The maximum absolute atomic E-state index is 13.0. The third kappa shape index (κ3) is 3.07. The lowest BCUT2D eigenvalue weighted by atomic mass is 10.1. The van der Waals surface area contributed by atoms with E-state index < -0.39 is 0 Å². The number of rotatable bonds is 6. The van der Waals surface area contributed by atoms with E-state index in [-0.39, 0.29) is 18.7 Å². The van der Waals surface area contributed by atoms with Crippen LogP contribution in [0.3, 0.4) is 0 Å². The SMILES string of the molecule is Cc1noc2nc(C3CC3)cc(C(=O)N(CCC#N)CCC#N)c12. The molecule has 0 aliphatic heterocycles. The molecule has 1 aliphatic carbocycles. The van der Waals surface area contributed by atoms with Crippen molar-refractivity contribution >= 4 is 17.0 Å². The third-order valence-corrected chi connectivity index (χ3v) is 4.14. The average molecular weight is 323 g/mol. The fraction of sp³-hybridized carbons (Fsp3) is 0.471. The van der Waals surface area contributed by atoms with E-state index in [1.807, 2.05) is 18.2 Å². The molecule has 0 spiro atoms.